The van der Waals surface area contributed by atoms with Crippen LogP contribution in [0.15, 0.2) is 18.2 Å². The highest BCUT2D eigenvalue weighted by Crippen LogP contribution is 2.31. The zero-order valence-corrected chi connectivity index (χ0v) is 13.4. The van der Waals surface area contributed by atoms with Crippen LogP contribution in [-0.4, -0.2) is 0 Å². The third-order valence-electron chi connectivity index (χ3n) is 4.32. The molecule has 0 unspecified atom stereocenters. The molecule has 2 heteroatoms. The molecule has 0 radical (unpaired) electrons. The Morgan fingerprint density at radius 1 is 1.24 bits per heavy atom. The monoisotopic (exact) mass is 299 g/mol. The van der Waals surface area contributed by atoms with E-state index in [4.69, 9.17) is 16.9 Å². The SMILES string of the molecule is CCCCC1CCC(C#Cc2ccc(C#N)c(Cl)c2)CC1. The van der Waals surface area contributed by atoms with Gasteiger partial charge in [0.25, 0.3) is 0 Å². The van der Waals surface area contributed by atoms with Crippen LogP contribution in [0.3, 0.4) is 0 Å². The summed E-state index contributed by atoms with van der Waals surface area (Å²) in [6.07, 6.45) is 9.17. The Labute approximate surface area is 133 Å². The van der Waals surface area contributed by atoms with Gasteiger partial charge in [0.1, 0.15) is 6.07 Å². The smallest absolute Gasteiger partial charge is 0.101 e. The number of unbranched alkanes of at least 4 members (excludes halogenated alkanes) is 1. The zero-order chi connectivity index (χ0) is 15.1. The van der Waals surface area contributed by atoms with Gasteiger partial charge in [-0.1, -0.05) is 49.6 Å². The highest BCUT2D eigenvalue weighted by molar-refractivity contribution is 6.31. The molecule has 0 aromatic heterocycles. The van der Waals surface area contributed by atoms with Gasteiger partial charge in [0.2, 0.25) is 0 Å². The number of nitrogens with zero attached hydrogens (tertiary/aromatic N) is 1. The summed E-state index contributed by atoms with van der Waals surface area (Å²) < 4.78 is 0. The number of rotatable bonds is 3. The van der Waals surface area contributed by atoms with E-state index in [0.717, 1.165) is 11.5 Å². The van der Waals surface area contributed by atoms with Crippen LogP contribution in [0.4, 0.5) is 0 Å². The topological polar surface area (TPSA) is 23.8 Å². The van der Waals surface area contributed by atoms with Crippen LogP contribution in [0.5, 0.6) is 0 Å². The zero-order valence-electron chi connectivity index (χ0n) is 12.7. The Hall–Kier alpha value is -1.44. The van der Waals surface area contributed by atoms with E-state index < -0.39 is 0 Å². The first-order valence-electron chi connectivity index (χ1n) is 7.94. The Balaban J connectivity index is 1.89. The second-order valence-corrected chi connectivity index (χ2v) is 6.34. The summed E-state index contributed by atoms with van der Waals surface area (Å²) in [4.78, 5) is 0. The molecular weight excluding hydrogens is 278 g/mol. The van der Waals surface area contributed by atoms with E-state index >= 15 is 0 Å². The molecule has 0 bridgehead atoms. The number of hydrogen-bond acceptors (Lipinski definition) is 1. The fourth-order valence-corrected chi connectivity index (χ4v) is 3.18. The van der Waals surface area contributed by atoms with Crippen molar-refractivity contribution in [2.75, 3.05) is 0 Å². The Kier molecular flexibility index (Phi) is 6.16. The Morgan fingerprint density at radius 3 is 2.62 bits per heavy atom. The predicted octanol–water partition coefficient (Wildman–Crippen LogP) is 5.56. The number of nitriles is 1. The molecule has 0 saturated heterocycles. The average Bonchev–Trinajstić information content (AvgIpc) is 2.52. The largest absolute Gasteiger partial charge is 0.192 e. The van der Waals surface area contributed by atoms with Crippen molar-refractivity contribution in [3.8, 4) is 17.9 Å². The Bertz CT molecular complexity index is 565. The van der Waals surface area contributed by atoms with Crippen molar-refractivity contribution in [3.05, 3.63) is 34.3 Å². The molecule has 0 atom stereocenters. The molecule has 1 saturated carbocycles. The van der Waals surface area contributed by atoms with Gasteiger partial charge in [-0.05, 0) is 49.8 Å². The van der Waals surface area contributed by atoms with Gasteiger partial charge in [0.15, 0.2) is 0 Å². The number of hydrogen-bond donors (Lipinski definition) is 0. The second-order valence-electron chi connectivity index (χ2n) is 5.94. The van der Waals surface area contributed by atoms with Crippen LogP contribution in [-0.2, 0) is 0 Å². The van der Waals surface area contributed by atoms with E-state index in [1.165, 1.54) is 44.9 Å². The van der Waals surface area contributed by atoms with E-state index in [-0.39, 0.29) is 0 Å². The summed E-state index contributed by atoms with van der Waals surface area (Å²) in [5.41, 5.74) is 1.42. The first kappa shape index (κ1) is 15.9. The van der Waals surface area contributed by atoms with Crippen molar-refractivity contribution in [3.63, 3.8) is 0 Å². The summed E-state index contributed by atoms with van der Waals surface area (Å²) in [6.45, 7) is 2.26. The lowest BCUT2D eigenvalue weighted by atomic mass is 9.80. The van der Waals surface area contributed by atoms with E-state index in [2.05, 4.69) is 24.8 Å². The van der Waals surface area contributed by atoms with Gasteiger partial charge < -0.3 is 0 Å². The van der Waals surface area contributed by atoms with Gasteiger partial charge >= 0.3 is 0 Å². The third kappa shape index (κ3) is 4.80. The lowest BCUT2D eigenvalue weighted by Gasteiger charge is -2.25. The minimum Gasteiger partial charge on any atom is -0.192 e. The van der Waals surface area contributed by atoms with Crippen LogP contribution >= 0.6 is 11.6 Å². The van der Waals surface area contributed by atoms with Gasteiger partial charge in [-0.3, -0.25) is 0 Å². The van der Waals surface area contributed by atoms with Crippen molar-refractivity contribution in [1.82, 2.24) is 0 Å². The van der Waals surface area contributed by atoms with Gasteiger partial charge in [0, 0.05) is 11.5 Å². The summed E-state index contributed by atoms with van der Waals surface area (Å²) >= 11 is 6.03. The molecule has 1 nitrogen and oxygen atoms in total. The molecule has 1 aliphatic rings. The van der Waals surface area contributed by atoms with Crippen molar-refractivity contribution in [2.24, 2.45) is 11.8 Å². The van der Waals surface area contributed by atoms with E-state index in [1.807, 2.05) is 6.07 Å². The predicted molar refractivity (Wildman–Crippen MR) is 88.0 cm³/mol. The molecule has 0 N–H and O–H groups in total. The summed E-state index contributed by atoms with van der Waals surface area (Å²) in [6, 6.07) is 7.48. The summed E-state index contributed by atoms with van der Waals surface area (Å²) in [5.74, 6) is 8.06. The molecule has 0 heterocycles. The van der Waals surface area contributed by atoms with Gasteiger partial charge in [-0.2, -0.15) is 5.26 Å². The van der Waals surface area contributed by atoms with Gasteiger partial charge in [-0.25, -0.2) is 0 Å². The van der Waals surface area contributed by atoms with E-state index in [0.29, 0.717) is 16.5 Å². The van der Waals surface area contributed by atoms with Crippen LogP contribution in [0.2, 0.25) is 5.02 Å². The maximum atomic E-state index is 8.86. The number of halogens is 1. The molecule has 0 amide bonds. The normalized spacial score (nSPS) is 21.2. The molecule has 2 rings (SSSR count). The lowest BCUT2D eigenvalue weighted by Crippen LogP contribution is -2.13. The quantitative estimate of drug-likeness (QED) is 0.670. The average molecular weight is 300 g/mol. The van der Waals surface area contributed by atoms with Crippen LogP contribution in [0.1, 0.15) is 63.0 Å². The van der Waals surface area contributed by atoms with Crippen molar-refractivity contribution in [1.29, 1.82) is 5.26 Å². The third-order valence-corrected chi connectivity index (χ3v) is 4.64. The molecule has 21 heavy (non-hydrogen) atoms. The highest BCUT2D eigenvalue weighted by Gasteiger charge is 2.19. The maximum absolute atomic E-state index is 8.86. The molecular formula is C19H22ClN. The lowest BCUT2D eigenvalue weighted by molar-refractivity contribution is 0.296. The first-order chi connectivity index (χ1) is 10.2. The number of benzene rings is 1. The van der Waals surface area contributed by atoms with Crippen LogP contribution in [0, 0.1) is 35.0 Å². The molecule has 1 fully saturated rings. The standard InChI is InChI=1S/C19H22ClN/c1-2-3-4-15-5-7-16(8-6-15)9-10-17-11-12-18(14-21)19(20)13-17/h11-13,15-16H,2-8H2,1H3. The van der Waals surface area contributed by atoms with Crippen LogP contribution in [0.25, 0.3) is 0 Å². The minimum absolute atomic E-state index is 0.493. The molecule has 1 aliphatic carbocycles. The second kappa shape index (κ2) is 8.11. The molecule has 110 valence electrons. The van der Waals surface area contributed by atoms with Crippen LogP contribution < -0.4 is 0 Å². The highest BCUT2D eigenvalue weighted by atomic mass is 35.5. The molecule has 0 spiro atoms. The Morgan fingerprint density at radius 2 is 2.00 bits per heavy atom. The van der Waals surface area contributed by atoms with Crippen molar-refractivity contribution < 1.29 is 0 Å². The molecule has 1 aromatic rings. The summed E-state index contributed by atoms with van der Waals surface area (Å²) in [7, 11) is 0. The van der Waals surface area contributed by atoms with Gasteiger partial charge in [0.05, 0.1) is 10.6 Å². The van der Waals surface area contributed by atoms with Crippen molar-refractivity contribution >= 4 is 11.6 Å². The fourth-order valence-electron chi connectivity index (χ4n) is 2.96. The van der Waals surface area contributed by atoms with Gasteiger partial charge in [-0.15, -0.1) is 0 Å². The fraction of sp³-hybridized carbons (Fsp3) is 0.526. The minimum atomic E-state index is 0.493. The maximum Gasteiger partial charge on any atom is 0.101 e. The van der Waals surface area contributed by atoms with E-state index in [9.17, 15) is 0 Å². The first-order valence-corrected chi connectivity index (χ1v) is 8.32. The molecule has 0 aliphatic heterocycles. The van der Waals surface area contributed by atoms with E-state index in [1.54, 1.807) is 12.1 Å². The molecule has 1 aromatic carbocycles. The van der Waals surface area contributed by atoms with Crippen molar-refractivity contribution in [2.45, 2.75) is 51.9 Å². The summed E-state index contributed by atoms with van der Waals surface area (Å²) in [5, 5.41) is 9.35.